The predicted octanol–water partition coefficient (Wildman–Crippen LogP) is 0.870. The van der Waals surface area contributed by atoms with E-state index in [0.717, 1.165) is 12.1 Å². The van der Waals surface area contributed by atoms with E-state index < -0.39 is 28.4 Å². The van der Waals surface area contributed by atoms with Crippen molar-refractivity contribution in [3.63, 3.8) is 0 Å². The van der Waals surface area contributed by atoms with Gasteiger partial charge in [0.15, 0.2) is 11.6 Å². The van der Waals surface area contributed by atoms with Crippen molar-refractivity contribution in [3.05, 3.63) is 29.8 Å². The van der Waals surface area contributed by atoms with E-state index in [9.17, 15) is 17.2 Å². The van der Waals surface area contributed by atoms with Crippen LogP contribution in [0.15, 0.2) is 18.2 Å². The topological polar surface area (TPSA) is 43.4 Å². The number of halogens is 2. The van der Waals surface area contributed by atoms with Gasteiger partial charge in [0.1, 0.15) is 5.82 Å². The smallest absolute Gasteiger partial charge is 0.299 e. The Morgan fingerprint density at radius 3 is 2.42 bits per heavy atom. The van der Waals surface area contributed by atoms with Crippen LogP contribution in [-0.2, 0) is 11.0 Å². The molecule has 0 aliphatic heterocycles. The lowest BCUT2D eigenvalue weighted by Gasteiger charge is -1.97. The predicted molar refractivity (Wildman–Crippen MR) is 37.3 cm³/mol. The van der Waals surface area contributed by atoms with Gasteiger partial charge in [-0.25, -0.2) is 8.78 Å². The number of thiol groups is 1. The number of benzene rings is 1. The first-order valence-electron chi connectivity index (χ1n) is 2.87. The molecule has 3 nitrogen and oxygen atoms in total. The summed E-state index contributed by atoms with van der Waals surface area (Å²) in [4.78, 5) is 0. The molecule has 1 aromatic carbocycles. The van der Waals surface area contributed by atoms with Gasteiger partial charge < -0.3 is 4.18 Å². The normalized spacial score (nSPS) is 10.2. The maximum Gasteiger partial charge on any atom is 0.299 e. The molecular formula is C6H4F2O3S. The molecular weight excluding hydrogens is 190 g/mol. The Hall–Kier alpha value is -1.17. The third-order valence-corrected chi connectivity index (χ3v) is 1.41. The molecule has 0 spiro atoms. The minimum Gasteiger partial charge on any atom is -0.381 e. The molecule has 12 heavy (non-hydrogen) atoms. The van der Waals surface area contributed by atoms with Crippen molar-refractivity contribution >= 4 is 11.0 Å². The lowest BCUT2D eigenvalue weighted by molar-refractivity contribution is 0.475. The zero-order valence-electron chi connectivity index (χ0n) is 5.66. The van der Waals surface area contributed by atoms with Crippen molar-refractivity contribution in [2.75, 3.05) is 0 Å². The first-order valence-corrected chi connectivity index (χ1v) is 3.96. The lowest BCUT2D eigenvalue weighted by atomic mass is 10.3. The maximum absolute atomic E-state index is 12.6. The fourth-order valence-corrected chi connectivity index (χ4v) is 0.938. The fraction of sp³-hybridized carbons (Fsp3) is 0. The summed E-state index contributed by atoms with van der Waals surface area (Å²) in [6.07, 6.45) is 0. The Labute approximate surface area is 68.7 Å². The second kappa shape index (κ2) is 3.48. The van der Waals surface area contributed by atoms with Crippen molar-refractivity contribution in [1.82, 2.24) is 0 Å². The summed E-state index contributed by atoms with van der Waals surface area (Å²) in [5.41, 5.74) is 0. The van der Waals surface area contributed by atoms with Crippen LogP contribution in [0, 0.1) is 11.6 Å². The highest BCUT2D eigenvalue weighted by atomic mass is 32.2. The molecule has 0 amide bonds. The monoisotopic (exact) mass is 194 g/mol. The van der Waals surface area contributed by atoms with Crippen LogP contribution in [0.5, 0.6) is 5.75 Å². The lowest BCUT2D eigenvalue weighted by Crippen LogP contribution is -1.93. The molecule has 66 valence electrons. The molecule has 0 saturated carbocycles. The molecule has 0 saturated heterocycles. The Morgan fingerprint density at radius 1 is 1.25 bits per heavy atom. The van der Waals surface area contributed by atoms with E-state index in [0.29, 0.717) is 6.07 Å². The number of hydrogen-bond donors (Lipinski definition) is 1. The van der Waals surface area contributed by atoms with Crippen LogP contribution < -0.4 is 4.18 Å². The van der Waals surface area contributed by atoms with Gasteiger partial charge in [0, 0.05) is 6.07 Å². The van der Waals surface area contributed by atoms with Crippen molar-refractivity contribution in [3.8, 4) is 5.75 Å². The summed E-state index contributed by atoms with van der Waals surface area (Å²) < 4.78 is 48.7. The summed E-state index contributed by atoms with van der Waals surface area (Å²) in [6.45, 7) is 0. The SMILES string of the molecule is O=[SH](=O)Oc1ccc(F)cc1F. The van der Waals surface area contributed by atoms with E-state index >= 15 is 0 Å². The zero-order valence-corrected chi connectivity index (χ0v) is 6.55. The minimum atomic E-state index is -3.17. The summed E-state index contributed by atoms with van der Waals surface area (Å²) in [7, 11) is -3.17. The van der Waals surface area contributed by atoms with Crippen LogP contribution in [0.3, 0.4) is 0 Å². The maximum atomic E-state index is 12.6. The van der Waals surface area contributed by atoms with E-state index in [1.165, 1.54) is 0 Å². The van der Waals surface area contributed by atoms with Crippen molar-refractivity contribution in [2.45, 2.75) is 0 Å². The van der Waals surface area contributed by atoms with Gasteiger partial charge in [0.2, 0.25) is 0 Å². The van der Waals surface area contributed by atoms with Crippen LogP contribution in [-0.4, -0.2) is 8.42 Å². The second-order valence-electron chi connectivity index (χ2n) is 1.89. The largest absolute Gasteiger partial charge is 0.381 e. The molecule has 0 heterocycles. The van der Waals surface area contributed by atoms with Crippen LogP contribution in [0.4, 0.5) is 8.78 Å². The standard InChI is InChI=1S/C6H4F2O3S/c7-4-1-2-6(5(8)3-4)11-12(9)10/h1-3,12H. The van der Waals surface area contributed by atoms with E-state index in [-0.39, 0.29) is 0 Å². The van der Waals surface area contributed by atoms with Gasteiger partial charge in [-0.05, 0) is 12.1 Å². The van der Waals surface area contributed by atoms with E-state index in [1.807, 2.05) is 0 Å². The quantitative estimate of drug-likeness (QED) is 0.710. The molecule has 0 radical (unpaired) electrons. The van der Waals surface area contributed by atoms with Crippen LogP contribution in [0.1, 0.15) is 0 Å². The van der Waals surface area contributed by atoms with Gasteiger partial charge in [0.05, 0.1) is 0 Å². The Kier molecular flexibility index (Phi) is 2.59. The van der Waals surface area contributed by atoms with Gasteiger partial charge in [-0.2, -0.15) is 8.42 Å². The molecule has 0 bridgehead atoms. The van der Waals surface area contributed by atoms with Crippen molar-refractivity contribution in [2.24, 2.45) is 0 Å². The van der Waals surface area contributed by atoms with E-state index in [1.54, 1.807) is 0 Å². The molecule has 6 heteroatoms. The fourth-order valence-electron chi connectivity index (χ4n) is 0.630. The Morgan fingerprint density at radius 2 is 1.92 bits per heavy atom. The van der Waals surface area contributed by atoms with Crippen LogP contribution in [0.25, 0.3) is 0 Å². The Balaban J connectivity index is 3.01. The van der Waals surface area contributed by atoms with Gasteiger partial charge in [-0.1, -0.05) is 0 Å². The molecule has 0 fully saturated rings. The minimum absolute atomic E-state index is 0.507. The van der Waals surface area contributed by atoms with Gasteiger partial charge in [0.25, 0.3) is 11.0 Å². The van der Waals surface area contributed by atoms with Crippen molar-refractivity contribution in [1.29, 1.82) is 0 Å². The summed E-state index contributed by atoms with van der Waals surface area (Å²) in [5, 5.41) is 0. The highest BCUT2D eigenvalue weighted by Crippen LogP contribution is 2.17. The highest BCUT2D eigenvalue weighted by molar-refractivity contribution is 7.67. The van der Waals surface area contributed by atoms with Crippen molar-refractivity contribution < 1.29 is 21.4 Å². The molecule has 0 aromatic heterocycles. The zero-order chi connectivity index (χ0) is 9.14. The molecule has 1 aromatic rings. The molecule has 0 atom stereocenters. The molecule has 0 unspecified atom stereocenters. The Bertz CT molecular complexity index is 354. The summed E-state index contributed by atoms with van der Waals surface area (Å²) >= 11 is 0. The molecule has 0 aliphatic rings. The summed E-state index contributed by atoms with van der Waals surface area (Å²) in [5.74, 6) is -2.34. The average Bonchev–Trinajstić information content (AvgIpc) is 1.94. The van der Waals surface area contributed by atoms with E-state index in [2.05, 4.69) is 4.18 Å². The average molecular weight is 194 g/mol. The van der Waals surface area contributed by atoms with Gasteiger partial charge in [-0.15, -0.1) is 0 Å². The summed E-state index contributed by atoms with van der Waals surface area (Å²) in [6, 6.07) is 2.33. The van der Waals surface area contributed by atoms with Crippen LogP contribution >= 0.6 is 0 Å². The molecule has 1 rings (SSSR count). The third kappa shape index (κ3) is 2.16. The third-order valence-electron chi connectivity index (χ3n) is 1.07. The van der Waals surface area contributed by atoms with E-state index in [4.69, 9.17) is 0 Å². The van der Waals surface area contributed by atoms with Crippen LogP contribution in [0.2, 0.25) is 0 Å². The van der Waals surface area contributed by atoms with Gasteiger partial charge >= 0.3 is 0 Å². The highest BCUT2D eigenvalue weighted by Gasteiger charge is 2.04. The second-order valence-corrected chi connectivity index (χ2v) is 2.52. The molecule has 0 N–H and O–H groups in total. The number of rotatable bonds is 2. The molecule has 0 aliphatic carbocycles. The number of hydrogen-bond acceptors (Lipinski definition) is 3. The van der Waals surface area contributed by atoms with Gasteiger partial charge in [-0.3, -0.25) is 0 Å². The first kappa shape index (κ1) is 8.92. The first-order chi connectivity index (χ1) is 5.59.